The van der Waals surface area contributed by atoms with Crippen molar-refractivity contribution in [3.8, 4) is 0 Å². The molecule has 0 spiro atoms. The number of benzene rings is 1. The van der Waals surface area contributed by atoms with Crippen molar-refractivity contribution in [3.63, 3.8) is 0 Å². The molecule has 112 valence electrons. The molecule has 1 aromatic carbocycles. The van der Waals surface area contributed by atoms with Gasteiger partial charge < -0.3 is 15.7 Å². The third-order valence-corrected chi connectivity index (χ3v) is 3.44. The van der Waals surface area contributed by atoms with Crippen LogP contribution in [0.15, 0.2) is 24.3 Å². The Morgan fingerprint density at radius 2 is 2.00 bits per heavy atom. The molecule has 6 heteroatoms. The average molecular weight is 290 g/mol. The predicted molar refractivity (Wildman–Crippen MR) is 75.5 cm³/mol. The summed E-state index contributed by atoms with van der Waals surface area (Å²) in [4.78, 5) is 34.2. The van der Waals surface area contributed by atoms with Crippen molar-refractivity contribution in [1.29, 1.82) is 0 Å². The summed E-state index contributed by atoms with van der Waals surface area (Å²) in [5.41, 5.74) is 1.35. The van der Waals surface area contributed by atoms with E-state index in [1.165, 1.54) is 0 Å². The van der Waals surface area contributed by atoms with Crippen LogP contribution in [0.25, 0.3) is 0 Å². The van der Waals surface area contributed by atoms with Crippen molar-refractivity contribution in [2.45, 2.75) is 19.9 Å². The first kappa shape index (κ1) is 15.0. The third-order valence-electron chi connectivity index (χ3n) is 3.44. The number of nitrogens with one attached hydrogen (secondary N) is 2. The van der Waals surface area contributed by atoms with E-state index in [4.69, 9.17) is 5.11 Å². The molecule has 1 aliphatic carbocycles. The van der Waals surface area contributed by atoms with E-state index in [-0.39, 0.29) is 18.4 Å². The van der Waals surface area contributed by atoms with Crippen molar-refractivity contribution in [3.05, 3.63) is 35.4 Å². The quantitative estimate of drug-likeness (QED) is 0.721. The van der Waals surface area contributed by atoms with Crippen molar-refractivity contribution in [1.82, 2.24) is 10.6 Å². The van der Waals surface area contributed by atoms with Gasteiger partial charge in [-0.25, -0.2) is 0 Å². The van der Waals surface area contributed by atoms with Gasteiger partial charge >= 0.3 is 5.97 Å². The van der Waals surface area contributed by atoms with E-state index in [2.05, 4.69) is 10.6 Å². The highest BCUT2D eigenvalue weighted by atomic mass is 16.4. The third kappa shape index (κ3) is 3.81. The summed E-state index contributed by atoms with van der Waals surface area (Å²) >= 11 is 0. The summed E-state index contributed by atoms with van der Waals surface area (Å²) in [6.07, 6.45) is 0.403. The largest absolute Gasteiger partial charge is 0.481 e. The number of carboxylic acids is 1. The number of hydrogen-bond donors (Lipinski definition) is 3. The zero-order chi connectivity index (χ0) is 15.4. The van der Waals surface area contributed by atoms with Crippen LogP contribution in [0.3, 0.4) is 0 Å². The molecule has 0 aliphatic heterocycles. The summed E-state index contributed by atoms with van der Waals surface area (Å²) in [6.45, 7) is 2.68. The molecule has 21 heavy (non-hydrogen) atoms. The lowest BCUT2D eigenvalue weighted by atomic mass is 10.1. The Hall–Kier alpha value is -2.37. The first-order valence-corrected chi connectivity index (χ1v) is 6.90. The Labute approximate surface area is 122 Å². The molecule has 2 rings (SSSR count). The Balaban J connectivity index is 1.89. The van der Waals surface area contributed by atoms with Gasteiger partial charge in [-0.05, 0) is 31.0 Å². The predicted octanol–water partition coefficient (Wildman–Crippen LogP) is 0.773. The van der Waals surface area contributed by atoms with Gasteiger partial charge in [0.2, 0.25) is 5.91 Å². The van der Waals surface area contributed by atoms with E-state index in [1.54, 1.807) is 18.2 Å². The fourth-order valence-electron chi connectivity index (χ4n) is 2.16. The molecule has 1 aliphatic rings. The van der Waals surface area contributed by atoms with Crippen molar-refractivity contribution < 1.29 is 19.5 Å². The van der Waals surface area contributed by atoms with E-state index in [0.717, 1.165) is 5.56 Å². The Kier molecular flexibility index (Phi) is 4.57. The smallest absolute Gasteiger partial charge is 0.307 e. The molecule has 0 heterocycles. The minimum absolute atomic E-state index is 0.154. The molecule has 1 saturated carbocycles. The normalized spacial score (nSPS) is 19.7. The van der Waals surface area contributed by atoms with E-state index in [9.17, 15) is 14.4 Å². The number of carboxylic acid groups (broad SMARTS) is 1. The lowest BCUT2D eigenvalue weighted by Crippen LogP contribution is -2.26. The molecule has 2 unspecified atom stereocenters. The molecule has 2 amide bonds. The van der Waals surface area contributed by atoms with Gasteiger partial charge in [0.15, 0.2) is 0 Å². The Morgan fingerprint density at radius 1 is 1.24 bits per heavy atom. The van der Waals surface area contributed by atoms with Gasteiger partial charge in [-0.1, -0.05) is 12.1 Å². The first-order valence-electron chi connectivity index (χ1n) is 6.90. The fraction of sp³-hybridized carbons (Fsp3) is 0.400. The van der Waals surface area contributed by atoms with Gasteiger partial charge in [0.25, 0.3) is 5.91 Å². The van der Waals surface area contributed by atoms with E-state index in [1.807, 2.05) is 13.0 Å². The van der Waals surface area contributed by atoms with E-state index in [0.29, 0.717) is 18.5 Å². The van der Waals surface area contributed by atoms with Crippen molar-refractivity contribution in [2.24, 2.45) is 11.8 Å². The number of rotatable bonds is 6. The Bertz CT molecular complexity index is 571. The molecule has 0 radical (unpaired) electrons. The molecule has 3 N–H and O–H groups in total. The summed E-state index contributed by atoms with van der Waals surface area (Å²) in [6, 6.07) is 6.98. The van der Waals surface area contributed by atoms with Gasteiger partial charge in [0, 0.05) is 18.7 Å². The summed E-state index contributed by atoms with van der Waals surface area (Å²) in [5.74, 6) is -2.29. The van der Waals surface area contributed by atoms with E-state index < -0.39 is 17.8 Å². The van der Waals surface area contributed by atoms with Gasteiger partial charge in [0.05, 0.1) is 11.8 Å². The molecule has 0 saturated heterocycles. The van der Waals surface area contributed by atoms with Crippen LogP contribution in [0, 0.1) is 11.8 Å². The molecule has 1 fully saturated rings. The van der Waals surface area contributed by atoms with Crippen LogP contribution < -0.4 is 10.6 Å². The molecular formula is C15H18N2O4. The minimum Gasteiger partial charge on any atom is -0.481 e. The second-order valence-corrected chi connectivity index (χ2v) is 5.06. The van der Waals surface area contributed by atoms with Gasteiger partial charge in [0.1, 0.15) is 0 Å². The average Bonchev–Trinajstić information content (AvgIpc) is 3.26. The number of carbonyl (C=O) groups is 3. The molecule has 0 aromatic heterocycles. The number of hydrogen-bond acceptors (Lipinski definition) is 3. The van der Waals surface area contributed by atoms with Crippen LogP contribution in [0.2, 0.25) is 0 Å². The van der Waals surface area contributed by atoms with Crippen molar-refractivity contribution in [2.75, 3.05) is 6.54 Å². The maximum Gasteiger partial charge on any atom is 0.307 e. The van der Waals surface area contributed by atoms with E-state index >= 15 is 0 Å². The highest BCUT2D eigenvalue weighted by molar-refractivity contribution is 5.94. The Morgan fingerprint density at radius 3 is 2.62 bits per heavy atom. The van der Waals surface area contributed by atoms with Crippen LogP contribution in [-0.4, -0.2) is 29.4 Å². The van der Waals surface area contributed by atoms with Crippen molar-refractivity contribution >= 4 is 17.8 Å². The van der Waals surface area contributed by atoms with Crippen LogP contribution in [-0.2, 0) is 16.1 Å². The topological polar surface area (TPSA) is 95.5 Å². The SMILES string of the molecule is CCNC(=O)c1cccc(CNC(=O)C2CC2C(=O)O)c1. The maximum absolute atomic E-state index is 11.8. The summed E-state index contributed by atoms with van der Waals surface area (Å²) < 4.78 is 0. The number of aliphatic carboxylic acids is 1. The van der Waals surface area contributed by atoms with Crippen LogP contribution in [0.1, 0.15) is 29.3 Å². The fourth-order valence-corrected chi connectivity index (χ4v) is 2.16. The van der Waals surface area contributed by atoms with Crippen LogP contribution >= 0.6 is 0 Å². The highest BCUT2D eigenvalue weighted by Crippen LogP contribution is 2.38. The standard InChI is InChI=1S/C15H18N2O4/c1-2-16-13(18)10-5-3-4-9(6-10)8-17-14(19)11-7-12(11)15(20)21/h3-6,11-12H,2,7-8H2,1H3,(H,16,18)(H,17,19)(H,20,21). The molecule has 1 aromatic rings. The van der Waals surface area contributed by atoms with Crippen LogP contribution in [0.4, 0.5) is 0 Å². The van der Waals surface area contributed by atoms with Gasteiger partial charge in [-0.2, -0.15) is 0 Å². The van der Waals surface area contributed by atoms with Gasteiger partial charge in [-0.15, -0.1) is 0 Å². The first-order chi connectivity index (χ1) is 10.0. The zero-order valence-corrected chi connectivity index (χ0v) is 11.8. The summed E-state index contributed by atoms with van der Waals surface area (Å²) in [7, 11) is 0. The molecule has 0 bridgehead atoms. The number of amides is 2. The monoisotopic (exact) mass is 290 g/mol. The number of carbonyl (C=O) groups excluding carboxylic acids is 2. The molecule has 2 atom stereocenters. The second kappa shape index (κ2) is 6.39. The minimum atomic E-state index is -0.923. The maximum atomic E-state index is 11.8. The second-order valence-electron chi connectivity index (χ2n) is 5.06. The molecular weight excluding hydrogens is 272 g/mol. The molecule has 6 nitrogen and oxygen atoms in total. The lowest BCUT2D eigenvalue weighted by molar-refractivity contribution is -0.140. The van der Waals surface area contributed by atoms with Gasteiger partial charge in [-0.3, -0.25) is 14.4 Å². The lowest BCUT2D eigenvalue weighted by Gasteiger charge is -2.07. The highest BCUT2D eigenvalue weighted by Gasteiger charge is 2.48. The van der Waals surface area contributed by atoms with Crippen LogP contribution in [0.5, 0.6) is 0 Å². The summed E-state index contributed by atoms with van der Waals surface area (Å²) in [5, 5.41) is 14.2. The zero-order valence-electron chi connectivity index (χ0n) is 11.8.